The fraction of sp³-hybridized carbons (Fsp3) is 0.182. The van der Waals surface area contributed by atoms with Crippen molar-refractivity contribution in [3.8, 4) is 80.5 Å². The van der Waals surface area contributed by atoms with E-state index in [9.17, 15) is 90.4 Å². The number of fused-ring (bicyclic) bond motifs is 6. The lowest BCUT2D eigenvalue weighted by Gasteiger charge is -2.50. The van der Waals surface area contributed by atoms with Crippen molar-refractivity contribution in [1.29, 1.82) is 0 Å². The van der Waals surface area contributed by atoms with E-state index >= 15 is 0 Å². The Bertz CT molecular complexity index is 3800. The van der Waals surface area contributed by atoms with E-state index in [1.807, 2.05) is 0 Å². The Hall–Kier alpha value is -10.4. The van der Waals surface area contributed by atoms with Gasteiger partial charge in [0.25, 0.3) is 11.6 Å². The highest BCUT2D eigenvalue weighted by atomic mass is 16.8. The summed E-state index contributed by atoms with van der Waals surface area (Å²) in [6, 6.07) is 16.9. The number of phenols is 8. The van der Waals surface area contributed by atoms with E-state index in [1.165, 1.54) is 30.3 Å². The van der Waals surface area contributed by atoms with Crippen LogP contribution in [0.2, 0.25) is 0 Å². The Labute approximate surface area is 451 Å². The summed E-state index contributed by atoms with van der Waals surface area (Å²) in [6.45, 7) is 0. The van der Waals surface area contributed by atoms with Gasteiger partial charge in [0.2, 0.25) is 5.60 Å². The Balaban J connectivity index is 0.805. The molecule has 1 fully saturated rings. The molecule has 11 rings (SSSR count). The first kappa shape index (κ1) is 52.6. The van der Waals surface area contributed by atoms with Gasteiger partial charge in [0.15, 0.2) is 46.0 Å². The average Bonchev–Trinajstić information content (AvgIpc) is 3.04. The largest absolute Gasteiger partial charge is 0.508 e. The molecule has 0 bridgehead atoms. The van der Waals surface area contributed by atoms with Gasteiger partial charge in [0.05, 0.1) is 6.10 Å². The Morgan fingerprint density at radius 2 is 0.938 bits per heavy atom. The number of ether oxygens (including phenoxy) is 8. The zero-order valence-electron chi connectivity index (χ0n) is 40.8. The molecule has 4 heterocycles. The minimum absolute atomic E-state index is 0.0641. The highest BCUT2D eigenvalue weighted by Crippen LogP contribution is 2.58. The highest BCUT2D eigenvalue weighted by Gasteiger charge is 2.72. The minimum atomic E-state index is -3.22. The highest BCUT2D eigenvalue weighted by molar-refractivity contribution is 6.09. The smallest absolute Gasteiger partial charge is 0.357 e. The van der Waals surface area contributed by atoms with Gasteiger partial charge in [0.1, 0.15) is 57.8 Å². The van der Waals surface area contributed by atoms with Gasteiger partial charge in [0, 0.05) is 60.4 Å². The van der Waals surface area contributed by atoms with Gasteiger partial charge in [-0.25, -0.2) is 14.4 Å². The summed E-state index contributed by atoms with van der Waals surface area (Å²) in [5.41, 5.74) is -4.29. The molecule has 1 saturated carbocycles. The van der Waals surface area contributed by atoms with Crippen molar-refractivity contribution < 1.29 is 128 Å². The Kier molecular flexibility index (Phi) is 11.9. The van der Waals surface area contributed by atoms with Crippen LogP contribution in [0.1, 0.15) is 55.8 Å². The summed E-state index contributed by atoms with van der Waals surface area (Å²) in [4.78, 5) is 67.7. The number of carboxylic acid groups (broad SMARTS) is 1. The standard InChI is InChI=1S/C55H40O26/c56-27-18-34(63)46-40(19-27)79-54(25-5-7-29(58)31(60)15-25)53(73,49(46)69)76-38-13-24(2-10-37(38)77-54)4-12-44(66)81-51(50(70)71)21-35(64)47(67)42(22-51)74-43(65)11-3-23-1-9-36-39(14-23)78-55(26-6-8-30(59)32(61)16-26)52(72,75-36)48(68)45-33(62)17-28(57)20-41(45)80-55/h1-20,35,42,47,56-64,67,72-73H,21-22H2,(H,70,71)/t35-,42-,47+,51-,52?,53?,54?,55?/m1/s1. The Morgan fingerprint density at radius 1 is 0.494 bits per heavy atom. The number of carboxylic acids is 1. The van der Waals surface area contributed by atoms with Crippen LogP contribution in [0.5, 0.6) is 80.5 Å². The molecule has 0 aromatic heterocycles. The normalized spacial score (nSPS) is 26.7. The first-order valence-electron chi connectivity index (χ1n) is 23.8. The third-order valence-corrected chi connectivity index (χ3v) is 13.9. The second-order valence-electron chi connectivity index (χ2n) is 19.1. The number of hydrogen-bond acceptors (Lipinski definition) is 25. The van der Waals surface area contributed by atoms with Gasteiger partial charge in [-0.2, -0.15) is 0 Å². The van der Waals surface area contributed by atoms with Gasteiger partial charge in [-0.3, -0.25) is 9.59 Å². The van der Waals surface area contributed by atoms with Crippen LogP contribution in [0.4, 0.5) is 0 Å². The second kappa shape index (κ2) is 18.3. The molecular weight excluding hydrogens is 1080 g/mol. The number of benzene rings is 6. The number of hydrogen-bond donors (Lipinski definition) is 13. The number of rotatable bonds is 9. The van der Waals surface area contributed by atoms with Crippen molar-refractivity contribution in [2.45, 2.75) is 59.9 Å². The third-order valence-electron chi connectivity index (χ3n) is 13.9. The van der Waals surface area contributed by atoms with E-state index in [0.29, 0.717) is 0 Å². The summed E-state index contributed by atoms with van der Waals surface area (Å²) in [6.07, 6.45) is -3.67. The van der Waals surface area contributed by atoms with Crippen molar-refractivity contribution in [2.75, 3.05) is 0 Å². The quantitative estimate of drug-likeness (QED) is 0.0562. The van der Waals surface area contributed by atoms with Crippen molar-refractivity contribution >= 4 is 41.6 Å². The zero-order valence-corrected chi connectivity index (χ0v) is 40.8. The van der Waals surface area contributed by atoms with Crippen LogP contribution in [0.15, 0.2) is 109 Å². The van der Waals surface area contributed by atoms with Gasteiger partial charge in [-0.05, 0) is 83.9 Å². The van der Waals surface area contributed by atoms with E-state index in [4.69, 9.17) is 37.9 Å². The molecule has 6 aromatic rings. The first-order chi connectivity index (χ1) is 38.3. The van der Waals surface area contributed by atoms with E-state index in [-0.39, 0.29) is 45.3 Å². The topological polar surface area (TPSA) is 422 Å². The average molecular weight is 1120 g/mol. The number of esters is 2. The van der Waals surface area contributed by atoms with Crippen LogP contribution in [-0.4, -0.2) is 131 Å². The number of aliphatic hydroxyl groups excluding tert-OH is 2. The molecule has 5 aliphatic rings. The summed E-state index contributed by atoms with van der Waals surface area (Å²) >= 11 is 0. The van der Waals surface area contributed by atoms with Crippen LogP contribution in [0, 0.1) is 0 Å². The monoisotopic (exact) mass is 1120 g/mol. The molecule has 26 heteroatoms. The number of carbonyl (C=O) groups excluding carboxylic acids is 4. The molecule has 0 saturated heterocycles. The van der Waals surface area contributed by atoms with Crippen molar-refractivity contribution in [1.82, 2.24) is 0 Å². The number of Topliss-reactive ketones (excluding diaryl/α,β-unsaturated/α-hetero) is 2. The number of phenolic OH excluding ortho intramolecular Hbond substituents is 8. The lowest BCUT2D eigenvalue weighted by atomic mass is 9.79. The number of aliphatic carboxylic acids is 1. The van der Waals surface area contributed by atoms with Crippen LogP contribution >= 0.6 is 0 Å². The summed E-state index contributed by atoms with van der Waals surface area (Å²) < 4.78 is 46.7. The van der Waals surface area contributed by atoms with Crippen molar-refractivity contribution in [3.05, 3.63) is 143 Å². The zero-order chi connectivity index (χ0) is 57.9. The molecule has 6 aromatic carbocycles. The van der Waals surface area contributed by atoms with Gasteiger partial charge in [-0.15, -0.1) is 0 Å². The molecule has 0 amide bonds. The summed E-state index contributed by atoms with van der Waals surface area (Å²) in [7, 11) is 0. The molecule has 26 nitrogen and oxygen atoms in total. The van der Waals surface area contributed by atoms with Gasteiger partial charge in [-0.1, -0.05) is 12.1 Å². The second-order valence-corrected chi connectivity index (χ2v) is 19.1. The molecule has 1 aliphatic carbocycles. The van der Waals surface area contributed by atoms with E-state index in [2.05, 4.69) is 0 Å². The maximum absolute atomic E-state index is 14.1. The fourth-order valence-electron chi connectivity index (χ4n) is 9.97. The van der Waals surface area contributed by atoms with Crippen molar-refractivity contribution in [2.24, 2.45) is 0 Å². The number of aliphatic hydroxyl groups is 4. The van der Waals surface area contributed by atoms with E-state index in [1.54, 1.807) is 0 Å². The predicted octanol–water partition coefficient (Wildman–Crippen LogP) is 3.03. The van der Waals surface area contributed by atoms with Crippen LogP contribution in [-0.2, 0) is 35.4 Å². The van der Waals surface area contributed by atoms with Crippen LogP contribution < -0.4 is 28.4 Å². The maximum Gasteiger partial charge on any atom is 0.357 e. The first-order valence-corrected chi connectivity index (χ1v) is 23.8. The minimum Gasteiger partial charge on any atom is -0.508 e. The van der Waals surface area contributed by atoms with Crippen LogP contribution in [0.25, 0.3) is 12.2 Å². The lowest BCUT2D eigenvalue weighted by molar-refractivity contribution is -0.316. The fourth-order valence-corrected chi connectivity index (χ4v) is 9.97. The molecule has 0 radical (unpaired) electrons. The Morgan fingerprint density at radius 3 is 1.43 bits per heavy atom. The summed E-state index contributed by atoms with van der Waals surface area (Å²) in [5, 5.41) is 139. The SMILES string of the molecule is O=C(C=Cc1ccc2c(c1)OC1(c3ccc(O)c(O)c3)Oc3cc(O)cc(O)c3C(=O)C1(O)O2)O[C@@H]1C[C@@](OC(=O)C=Cc2ccc3c(c2)OC2(O)C(=O)c4c(O)cc(O)cc4OC2(c2ccc(O)c(O)c2)O3)(C(=O)O)C[C@@H](O)[C@@H]1O. The lowest BCUT2D eigenvalue weighted by Crippen LogP contribution is -2.70. The van der Waals surface area contributed by atoms with Crippen molar-refractivity contribution in [3.63, 3.8) is 0 Å². The molecule has 4 unspecified atom stereocenters. The van der Waals surface area contributed by atoms with E-state index in [0.717, 1.165) is 91.0 Å². The molecular formula is C55H40O26. The predicted molar refractivity (Wildman–Crippen MR) is 263 cm³/mol. The molecule has 8 atom stereocenters. The molecule has 416 valence electrons. The maximum atomic E-state index is 14.1. The van der Waals surface area contributed by atoms with Crippen LogP contribution in [0.3, 0.4) is 0 Å². The van der Waals surface area contributed by atoms with Gasteiger partial charge < -0.3 is 104 Å². The third kappa shape index (κ3) is 8.23. The molecule has 4 aliphatic heterocycles. The number of ketones is 2. The molecule has 0 spiro atoms. The van der Waals surface area contributed by atoms with E-state index < -0.39 is 158 Å². The molecule has 13 N–H and O–H groups in total. The number of carbonyl (C=O) groups is 5. The van der Waals surface area contributed by atoms with Gasteiger partial charge >= 0.3 is 41.1 Å². The number of aromatic hydroxyl groups is 8. The molecule has 81 heavy (non-hydrogen) atoms. The summed E-state index contributed by atoms with van der Waals surface area (Å²) in [5.74, 6) is -26.4.